The third-order valence-corrected chi connectivity index (χ3v) is 2.98. The van der Waals surface area contributed by atoms with Gasteiger partial charge in [0.2, 0.25) is 0 Å². The summed E-state index contributed by atoms with van der Waals surface area (Å²) in [5.74, 6) is 0.787. The van der Waals surface area contributed by atoms with Crippen molar-refractivity contribution >= 4 is 17.5 Å². The third kappa shape index (κ3) is 2.34. The maximum Gasteiger partial charge on any atom is 0.257 e. The molecule has 0 aliphatic carbocycles. The van der Waals surface area contributed by atoms with E-state index in [0.29, 0.717) is 12.1 Å². The monoisotopic (exact) mass is 227 g/mol. The van der Waals surface area contributed by atoms with Crippen LogP contribution in [0.4, 0.5) is 0 Å². The lowest BCUT2D eigenvalue weighted by atomic mass is 10.1. The van der Waals surface area contributed by atoms with Crippen LogP contribution in [-0.4, -0.2) is 29.3 Å². The van der Waals surface area contributed by atoms with Crippen LogP contribution in [0, 0.1) is 6.92 Å². The number of aryl methyl sites for hydroxylation is 1. The number of likely N-dealkylation sites (tertiary alicyclic amines) is 1. The van der Waals surface area contributed by atoms with Gasteiger partial charge < -0.3 is 9.32 Å². The smallest absolute Gasteiger partial charge is 0.257 e. The van der Waals surface area contributed by atoms with Gasteiger partial charge in [-0.05, 0) is 25.8 Å². The van der Waals surface area contributed by atoms with Crippen molar-refractivity contribution in [3.05, 3.63) is 23.7 Å². The maximum absolute atomic E-state index is 12.0. The van der Waals surface area contributed by atoms with Gasteiger partial charge in [0.15, 0.2) is 0 Å². The Morgan fingerprint density at radius 1 is 1.67 bits per heavy atom. The highest BCUT2D eigenvalue weighted by atomic mass is 35.5. The first-order chi connectivity index (χ1) is 7.16. The number of carbonyl (C=O) groups is 1. The third-order valence-electron chi connectivity index (χ3n) is 2.63. The molecular formula is C11H14ClNO2. The van der Waals surface area contributed by atoms with E-state index in [1.54, 1.807) is 11.0 Å². The Balaban J connectivity index is 2.07. The average molecular weight is 228 g/mol. The number of carbonyl (C=O) groups excluding carboxylic acids is 1. The summed E-state index contributed by atoms with van der Waals surface area (Å²) in [7, 11) is 0. The first-order valence-corrected chi connectivity index (χ1v) is 5.59. The molecule has 0 spiro atoms. The molecule has 1 aliphatic heterocycles. The molecule has 4 heteroatoms. The Bertz CT molecular complexity index is 361. The molecular weight excluding hydrogens is 214 g/mol. The molecule has 1 atom stereocenters. The highest BCUT2D eigenvalue weighted by Gasteiger charge is 2.23. The number of amides is 1. The van der Waals surface area contributed by atoms with Gasteiger partial charge in [-0.15, -0.1) is 11.6 Å². The van der Waals surface area contributed by atoms with Crippen LogP contribution in [0.1, 0.15) is 29.0 Å². The summed E-state index contributed by atoms with van der Waals surface area (Å²) in [4.78, 5) is 13.8. The minimum absolute atomic E-state index is 0.0252. The van der Waals surface area contributed by atoms with Crippen LogP contribution in [0.3, 0.4) is 0 Å². The van der Waals surface area contributed by atoms with Crippen molar-refractivity contribution < 1.29 is 9.21 Å². The number of hydrogen-bond acceptors (Lipinski definition) is 2. The highest BCUT2D eigenvalue weighted by Crippen LogP contribution is 2.18. The summed E-state index contributed by atoms with van der Waals surface area (Å²) in [6.07, 6.45) is 3.49. The molecule has 3 nitrogen and oxygen atoms in total. The molecule has 1 aromatic heterocycles. The predicted octanol–water partition coefficient (Wildman–Crippen LogP) is 2.43. The van der Waals surface area contributed by atoms with E-state index in [0.717, 1.165) is 25.1 Å². The van der Waals surface area contributed by atoms with Crippen molar-refractivity contribution in [3.8, 4) is 0 Å². The van der Waals surface area contributed by atoms with Crippen molar-refractivity contribution in [2.24, 2.45) is 0 Å². The zero-order chi connectivity index (χ0) is 10.8. The van der Waals surface area contributed by atoms with E-state index >= 15 is 0 Å². The predicted molar refractivity (Wildman–Crippen MR) is 58.2 cm³/mol. The molecule has 1 saturated heterocycles. The fourth-order valence-corrected chi connectivity index (χ4v) is 2.17. The van der Waals surface area contributed by atoms with E-state index < -0.39 is 0 Å². The zero-order valence-electron chi connectivity index (χ0n) is 8.70. The molecule has 2 rings (SSSR count). The lowest BCUT2D eigenvalue weighted by molar-refractivity contribution is 0.0726. The van der Waals surface area contributed by atoms with Gasteiger partial charge in [-0.1, -0.05) is 0 Å². The Morgan fingerprint density at radius 3 is 3.07 bits per heavy atom. The van der Waals surface area contributed by atoms with Crippen LogP contribution < -0.4 is 0 Å². The van der Waals surface area contributed by atoms with Gasteiger partial charge in [0, 0.05) is 13.1 Å². The first-order valence-electron chi connectivity index (χ1n) is 5.15. The van der Waals surface area contributed by atoms with E-state index in [1.165, 1.54) is 6.26 Å². The number of furan rings is 1. The summed E-state index contributed by atoms with van der Waals surface area (Å²) in [5.41, 5.74) is 0.623. The van der Waals surface area contributed by atoms with Crippen LogP contribution in [0.25, 0.3) is 0 Å². The lowest BCUT2D eigenvalue weighted by Gasteiger charge is -2.29. The van der Waals surface area contributed by atoms with Crippen LogP contribution >= 0.6 is 11.6 Å². The standard InChI is InChI=1S/C11H14ClNO2/c1-8-5-9(7-15-8)11(14)13-4-2-3-10(12)6-13/h5,7,10H,2-4,6H2,1H3. The van der Waals surface area contributed by atoms with E-state index in [1.807, 2.05) is 6.92 Å². The summed E-state index contributed by atoms with van der Waals surface area (Å²) >= 11 is 6.03. The second kappa shape index (κ2) is 4.27. The van der Waals surface area contributed by atoms with Gasteiger partial charge in [-0.3, -0.25) is 4.79 Å². The molecule has 0 bridgehead atoms. The van der Waals surface area contributed by atoms with Gasteiger partial charge in [-0.2, -0.15) is 0 Å². The van der Waals surface area contributed by atoms with Crippen molar-refractivity contribution in [2.75, 3.05) is 13.1 Å². The topological polar surface area (TPSA) is 33.5 Å². The van der Waals surface area contributed by atoms with Gasteiger partial charge in [0.05, 0.1) is 10.9 Å². The molecule has 15 heavy (non-hydrogen) atoms. The van der Waals surface area contributed by atoms with Gasteiger partial charge in [0.1, 0.15) is 12.0 Å². The largest absolute Gasteiger partial charge is 0.469 e. The summed E-state index contributed by atoms with van der Waals surface area (Å²) in [5, 5.41) is 0.0932. The number of rotatable bonds is 1. The minimum Gasteiger partial charge on any atom is -0.469 e. The number of alkyl halides is 1. The first kappa shape index (κ1) is 10.6. The quantitative estimate of drug-likeness (QED) is 0.691. The van der Waals surface area contributed by atoms with Gasteiger partial charge in [-0.25, -0.2) is 0 Å². The maximum atomic E-state index is 12.0. The van der Waals surface area contributed by atoms with E-state index in [2.05, 4.69) is 0 Å². The second-order valence-corrected chi connectivity index (χ2v) is 4.55. The number of piperidine rings is 1. The molecule has 0 saturated carbocycles. The summed E-state index contributed by atoms with van der Waals surface area (Å²) in [6.45, 7) is 3.27. The van der Waals surface area contributed by atoms with Gasteiger partial charge >= 0.3 is 0 Å². The number of halogens is 1. The molecule has 0 N–H and O–H groups in total. The molecule has 1 fully saturated rings. The molecule has 1 unspecified atom stereocenters. The van der Waals surface area contributed by atoms with Crippen molar-refractivity contribution in [1.82, 2.24) is 4.90 Å². The van der Waals surface area contributed by atoms with E-state index in [-0.39, 0.29) is 11.3 Å². The van der Waals surface area contributed by atoms with Crippen LogP contribution in [0.2, 0.25) is 0 Å². The van der Waals surface area contributed by atoms with E-state index in [9.17, 15) is 4.79 Å². The molecule has 1 amide bonds. The Labute approximate surface area is 94.0 Å². The fraction of sp³-hybridized carbons (Fsp3) is 0.545. The van der Waals surface area contributed by atoms with Gasteiger partial charge in [0.25, 0.3) is 5.91 Å². The second-order valence-electron chi connectivity index (χ2n) is 3.94. The lowest BCUT2D eigenvalue weighted by Crippen LogP contribution is -2.40. The number of hydrogen-bond donors (Lipinski definition) is 0. The molecule has 0 aromatic carbocycles. The van der Waals surface area contributed by atoms with Crippen LogP contribution in [0.5, 0.6) is 0 Å². The molecule has 1 aliphatic rings. The fourth-order valence-electron chi connectivity index (χ4n) is 1.85. The minimum atomic E-state index is 0.0252. The summed E-state index contributed by atoms with van der Waals surface area (Å²) in [6, 6.07) is 1.76. The average Bonchev–Trinajstić information content (AvgIpc) is 2.64. The normalized spacial score (nSPS) is 21.7. The molecule has 82 valence electrons. The van der Waals surface area contributed by atoms with Crippen LogP contribution in [-0.2, 0) is 0 Å². The van der Waals surface area contributed by atoms with Crippen molar-refractivity contribution in [1.29, 1.82) is 0 Å². The summed E-state index contributed by atoms with van der Waals surface area (Å²) < 4.78 is 5.12. The van der Waals surface area contributed by atoms with Crippen molar-refractivity contribution in [2.45, 2.75) is 25.1 Å². The van der Waals surface area contributed by atoms with E-state index in [4.69, 9.17) is 16.0 Å². The van der Waals surface area contributed by atoms with Crippen LogP contribution in [0.15, 0.2) is 16.7 Å². The van der Waals surface area contributed by atoms with Crippen molar-refractivity contribution in [3.63, 3.8) is 0 Å². The molecule has 0 radical (unpaired) electrons. The zero-order valence-corrected chi connectivity index (χ0v) is 9.46. The number of nitrogens with zero attached hydrogens (tertiary/aromatic N) is 1. The Morgan fingerprint density at radius 2 is 2.47 bits per heavy atom. The highest BCUT2D eigenvalue weighted by molar-refractivity contribution is 6.21. The Kier molecular flexibility index (Phi) is 3.00. The molecule has 2 heterocycles. The SMILES string of the molecule is Cc1cc(C(=O)N2CCCC(Cl)C2)co1. The molecule has 1 aromatic rings. The Hall–Kier alpha value is -0.960.